The van der Waals surface area contributed by atoms with Gasteiger partial charge in [0, 0.05) is 11.5 Å². The first-order valence-corrected chi connectivity index (χ1v) is 5.07. The number of ketones is 1. The maximum atomic E-state index is 10.8. The van der Waals surface area contributed by atoms with Crippen LogP contribution in [0.15, 0.2) is 35.4 Å². The highest BCUT2D eigenvalue weighted by Gasteiger charge is 2.10. The minimum atomic E-state index is -0.899. The molecule has 0 saturated carbocycles. The molecule has 0 fully saturated rings. The van der Waals surface area contributed by atoms with Crippen molar-refractivity contribution in [3.05, 3.63) is 40.9 Å². The average Bonchev–Trinajstić information content (AvgIpc) is 2.18. The molecule has 0 bridgehead atoms. The van der Waals surface area contributed by atoms with Crippen molar-refractivity contribution < 1.29 is 9.90 Å². The summed E-state index contributed by atoms with van der Waals surface area (Å²) >= 11 is 5.87. The van der Waals surface area contributed by atoms with Crippen LogP contribution in [0.4, 0.5) is 0 Å². The summed E-state index contributed by atoms with van der Waals surface area (Å²) in [5, 5.41) is 9.82. The summed E-state index contributed by atoms with van der Waals surface area (Å²) in [5.41, 5.74) is 0.908. The first-order valence-electron chi connectivity index (χ1n) is 4.69. The van der Waals surface area contributed by atoms with Gasteiger partial charge in [-0.1, -0.05) is 41.9 Å². The third kappa shape index (κ3) is 4.28. The van der Waals surface area contributed by atoms with Gasteiger partial charge in [-0.2, -0.15) is 0 Å². The van der Waals surface area contributed by atoms with E-state index in [2.05, 4.69) is 0 Å². The number of rotatable bonds is 4. The zero-order valence-electron chi connectivity index (χ0n) is 8.48. The van der Waals surface area contributed by atoms with E-state index < -0.39 is 6.10 Å². The molecule has 0 spiro atoms. The van der Waals surface area contributed by atoms with Gasteiger partial charge in [0.05, 0.1) is 6.10 Å². The molecule has 1 aromatic rings. The molecule has 1 atom stereocenters. The molecule has 1 N–H and O–H groups in total. The molecule has 0 aromatic heterocycles. The number of benzene rings is 1. The number of carbonyl (C=O) groups excluding carboxylic acids is 1. The number of aliphatic hydroxyl groups excluding tert-OH is 1. The second kappa shape index (κ2) is 5.69. The maximum Gasteiger partial charge on any atom is 0.132 e. The first kappa shape index (κ1) is 12.0. The van der Waals surface area contributed by atoms with Crippen LogP contribution in [-0.2, 0) is 4.79 Å². The zero-order valence-corrected chi connectivity index (χ0v) is 9.24. The Morgan fingerprint density at radius 3 is 2.60 bits per heavy atom. The number of hydrogen-bond donors (Lipinski definition) is 1. The molecule has 1 aromatic carbocycles. The van der Waals surface area contributed by atoms with Crippen molar-refractivity contribution in [2.45, 2.75) is 19.4 Å². The monoisotopic (exact) mass is 224 g/mol. The third-order valence-electron chi connectivity index (χ3n) is 1.90. The lowest BCUT2D eigenvalue weighted by molar-refractivity contribution is -0.118. The van der Waals surface area contributed by atoms with Gasteiger partial charge in [-0.05, 0) is 18.6 Å². The molecule has 0 aliphatic carbocycles. The highest BCUT2D eigenvalue weighted by atomic mass is 35.5. The predicted octanol–water partition coefficient (Wildman–Crippen LogP) is 2.61. The molecule has 0 heterocycles. The molecule has 0 aliphatic heterocycles. The summed E-state index contributed by atoms with van der Waals surface area (Å²) in [6.07, 6.45) is 0.821. The Labute approximate surface area is 94.2 Å². The summed E-state index contributed by atoms with van der Waals surface area (Å²) in [5.74, 6) is -0.0814. The van der Waals surface area contributed by atoms with Crippen LogP contribution in [0.25, 0.3) is 6.08 Å². The molecule has 0 amide bonds. The number of aliphatic hydroxyl groups is 1. The number of Topliss-reactive ketones (excluding diaryl/α,β-unsaturated/α-hetero) is 1. The van der Waals surface area contributed by atoms with Crippen LogP contribution < -0.4 is 0 Å². The van der Waals surface area contributed by atoms with E-state index in [-0.39, 0.29) is 17.2 Å². The van der Waals surface area contributed by atoms with Gasteiger partial charge < -0.3 is 5.11 Å². The summed E-state index contributed by atoms with van der Waals surface area (Å²) in [4.78, 5) is 10.8. The summed E-state index contributed by atoms with van der Waals surface area (Å²) in [7, 11) is 0. The normalized spacial score (nSPS) is 13.7. The van der Waals surface area contributed by atoms with Crippen LogP contribution in [0.1, 0.15) is 18.9 Å². The van der Waals surface area contributed by atoms with Crippen LogP contribution in [0.2, 0.25) is 0 Å². The predicted molar refractivity (Wildman–Crippen MR) is 61.6 cm³/mol. The largest absolute Gasteiger partial charge is 0.387 e. The average molecular weight is 225 g/mol. The molecule has 15 heavy (non-hydrogen) atoms. The Kier molecular flexibility index (Phi) is 4.53. The first-order chi connectivity index (χ1) is 7.09. The van der Waals surface area contributed by atoms with E-state index in [4.69, 9.17) is 11.6 Å². The van der Waals surface area contributed by atoms with Crippen molar-refractivity contribution in [3.63, 3.8) is 0 Å². The highest BCUT2D eigenvalue weighted by Crippen LogP contribution is 2.16. The van der Waals surface area contributed by atoms with E-state index in [1.807, 2.05) is 30.3 Å². The summed E-state index contributed by atoms with van der Waals surface area (Å²) in [6.45, 7) is 1.43. The van der Waals surface area contributed by atoms with E-state index >= 15 is 0 Å². The van der Waals surface area contributed by atoms with Gasteiger partial charge in [-0.25, -0.2) is 0 Å². The molecule has 0 radical (unpaired) electrons. The van der Waals surface area contributed by atoms with Gasteiger partial charge in [-0.15, -0.1) is 0 Å². The fourth-order valence-electron chi connectivity index (χ4n) is 1.17. The zero-order chi connectivity index (χ0) is 11.3. The molecule has 0 saturated heterocycles. The van der Waals surface area contributed by atoms with Gasteiger partial charge in [-0.3, -0.25) is 4.79 Å². The highest BCUT2D eigenvalue weighted by molar-refractivity contribution is 6.32. The number of hydrogen-bond acceptors (Lipinski definition) is 2. The fourth-order valence-corrected chi connectivity index (χ4v) is 1.38. The van der Waals surface area contributed by atoms with Crippen molar-refractivity contribution >= 4 is 23.5 Å². The quantitative estimate of drug-likeness (QED) is 0.854. The Balaban J connectivity index is 2.71. The van der Waals surface area contributed by atoms with Gasteiger partial charge in [0.2, 0.25) is 0 Å². The van der Waals surface area contributed by atoms with Crippen molar-refractivity contribution in [2.24, 2.45) is 0 Å². The Morgan fingerprint density at radius 2 is 2.07 bits per heavy atom. The molecule has 80 valence electrons. The van der Waals surface area contributed by atoms with Gasteiger partial charge in [0.25, 0.3) is 0 Å². The Hall–Kier alpha value is -1.12. The van der Waals surface area contributed by atoms with Gasteiger partial charge >= 0.3 is 0 Å². The molecule has 2 nitrogen and oxygen atoms in total. The fraction of sp³-hybridized carbons (Fsp3) is 0.250. The smallest absolute Gasteiger partial charge is 0.132 e. The van der Waals surface area contributed by atoms with Crippen molar-refractivity contribution in [2.75, 3.05) is 0 Å². The van der Waals surface area contributed by atoms with Crippen LogP contribution >= 0.6 is 11.6 Å². The molecule has 1 rings (SSSR count). The molecule has 0 aliphatic rings. The van der Waals surface area contributed by atoms with Crippen molar-refractivity contribution in [3.8, 4) is 0 Å². The van der Waals surface area contributed by atoms with E-state index in [1.165, 1.54) is 6.92 Å². The van der Waals surface area contributed by atoms with E-state index in [0.717, 1.165) is 5.56 Å². The number of halogens is 1. The van der Waals surface area contributed by atoms with Gasteiger partial charge in [0.15, 0.2) is 0 Å². The molecule has 3 heteroatoms. The topological polar surface area (TPSA) is 37.3 Å². The minimum absolute atomic E-state index is 0.0577. The molecular formula is C12H13ClO2. The third-order valence-corrected chi connectivity index (χ3v) is 2.26. The lowest BCUT2D eigenvalue weighted by Crippen LogP contribution is -2.11. The minimum Gasteiger partial charge on any atom is -0.387 e. The van der Waals surface area contributed by atoms with Gasteiger partial charge in [0.1, 0.15) is 5.78 Å². The van der Waals surface area contributed by atoms with Crippen molar-refractivity contribution in [1.29, 1.82) is 0 Å². The molecular weight excluding hydrogens is 212 g/mol. The Bertz CT molecular complexity index is 357. The lowest BCUT2D eigenvalue weighted by Gasteiger charge is -2.06. The number of carbonyl (C=O) groups is 1. The van der Waals surface area contributed by atoms with E-state index in [0.29, 0.717) is 0 Å². The van der Waals surface area contributed by atoms with Crippen LogP contribution in [-0.4, -0.2) is 17.0 Å². The molecule has 0 unspecified atom stereocenters. The Morgan fingerprint density at radius 1 is 1.47 bits per heavy atom. The van der Waals surface area contributed by atoms with Crippen LogP contribution in [0.5, 0.6) is 0 Å². The second-order valence-corrected chi connectivity index (χ2v) is 3.80. The SMILES string of the molecule is CC(=O)C[C@@H](O)/C(Cl)=C/c1ccccc1. The maximum absolute atomic E-state index is 10.8. The van der Waals surface area contributed by atoms with E-state index in [9.17, 15) is 9.90 Å². The standard InChI is InChI=1S/C12H13ClO2/c1-9(14)7-12(15)11(13)8-10-5-3-2-4-6-10/h2-6,8,12,15H,7H2,1H3/b11-8-/t12-/m1/s1. The second-order valence-electron chi connectivity index (χ2n) is 3.36. The van der Waals surface area contributed by atoms with Crippen molar-refractivity contribution in [1.82, 2.24) is 0 Å². The van der Waals surface area contributed by atoms with E-state index in [1.54, 1.807) is 6.08 Å². The summed E-state index contributed by atoms with van der Waals surface area (Å²) in [6, 6.07) is 9.42. The summed E-state index contributed by atoms with van der Waals surface area (Å²) < 4.78 is 0. The van der Waals surface area contributed by atoms with Crippen LogP contribution in [0, 0.1) is 0 Å². The van der Waals surface area contributed by atoms with Crippen LogP contribution in [0.3, 0.4) is 0 Å². The lowest BCUT2D eigenvalue weighted by atomic mass is 10.1.